The van der Waals surface area contributed by atoms with Gasteiger partial charge in [-0.25, -0.2) is 0 Å². The summed E-state index contributed by atoms with van der Waals surface area (Å²) in [7, 11) is 2.03. The molecule has 0 heterocycles. The smallest absolute Gasteiger partial charge is 0.282 e. The lowest BCUT2D eigenvalue weighted by Crippen LogP contribution is -3.12. The van der Waals surface area contributed by atoms with Gasteiger partial charge in [-0.3, -0.25) is 4.79 Å². The van der Waals surface area contributed by atoms with Crippen LogP contribution in [0.15, 0.2) is 48.5 Å². The molecule has 0 radical (unpaired) electrons. The number of likely N-dealkylation sites (N-methyl/N-ethyl adjacent to an activating group) is 1. The number of benzene rings is 2. The summed E-state index contributed by atoms with van der Waals surface area (Å²) < 4.78 is 0. The number of nitrogens with one attached hydrogen (secondary N) is 2. The number of carbonyl (C=O) groups is 1. The van der Waals surface area contributed by atoms with Crippen LogP contribution in [0.1, 0.15) is 18.1 Å². The van der Waals surface area contributed by atoms with Gasteiger partial charge in [-0.05, 0) is 32.0 Å². The summed E-state index contributed by atoms with van der Waals surface area (Å²) in [6.07, 6.45) is 0. The summed E-state index contributed by atoms with van der Waals surface area (Å²) in [5.41, 5.74) is 3.20. The molecular formula is C18H22ClN2O+. The van der Waals surface area contributed by atoms with Crippen molar-refractivity contribution in [3.8, 4) is 0 Å². The van der Waals surface area contributed by atoms with E-state index in [1.165, 1.54) is 11.1 Å². The molecule has 4 heteroatoms. The normalized spacial score (nSPS) is 13.5. The van der Waals surface area contributed by atoms with Crippen molar-refractivity contribution >= 4 is 23.2 Å². The average Bonchev–Trinajstić information content (AvgIpc) is 2.48. The molecule has 2 atom stereocenters. The summed E-state index contributed by atoms with van der Waals surface area (Å²) in [4.78, 5) is 13.5. The average molecular weight is 318 g/mol. The lowest BCUT2D eigenvalue weighted by atomic mass is 10.1. The first-order valence-electron chi connectivity index (χ1n) is 7.40. The molecule has 0 saturated carbocycles. The maximum absolute atomic E-state index is 12.3. The topological polar surface area (TPSA) is 33.5 Å². The van der Waals surface area contributed by atoms with Gasteiger partial charge in [0.25, 0.3) is 5.91 Å². The summed E-state index contributed by atoms with van der Waals surface area (Å²) in [5.74, 6) is -0.00752. The van der Waals surface area contributed by atoms with E-state index in [1.807, 2.05) is 26.1 Å². The first-order valence-corrected chi connectivity index (χ1v) is 7.78. The van der Waals surface area contributed by atoms with E-state index in [0.29, 0.717) is 5.02 Å². The van der Waals surface area contributed by atoms with Gasteiger partial charge >= 0.3 is 0 Å². The van der Waals surface area contributed by atoms with Gasteiger partial charge in [-0.15, -0.1) is 0 Å². The minimum Gasteiger partial charge on any atom is -0.324 e. The fraction of sp³-hybridized carbons (Fsp3) is 0.278. The van der Waals surface area contributed by atoms with Crippen molar-refractivity contribution in [1.82, 2.24) is 0 Å². The third kappa shape index (κ3) is 4.58. The second-order valence-electron chi connectivity index (χ2n) is 5.73. The number of amides is 1. The monoisotopic (exact) mass is 317 g/mol. The van der Waals surface area contributed by atoms with Gasteiger partial charge in [0, 0.05) is 16.3 Å². The van der Waals surface area contributed by atoms with Gasteiger partial charge in [0.2, 0.25) is 0 Å². The second kappa shape index (κ2) is 7.43. The Hall–Kier alpha value is -1.84. The number of hydrogen-bond acceptors (Lipinski definition) is 1. The predicted octanol–water partition coefficient (Wildman–Crippen LogP) is 2.69. The van der Waals surface area contributed by atoms with Crippen LogP contribution in [0.4, 0.5) is 5.69 Å². The minimum atomic E-state index is -0.153. The molecule has 1 unspecified atom stereocenters. The van der Waals surface area contributed by atoms with Crippen LogP contribution < -0.4 is 10.2 Å². The highest BCUT2D eigenvalue weighted by atomic mass is 35.5. The number of quaternary nitrogens is 1. The Bertz CT molecular complexity index is 640. The molecular weight excluding hydrogens is 296 g/mol. The van der Waals surface area contributed by atoms with Crippen LogP contribution in [0.3, 0.4) is 0 Å². The van der Waals surface area contributed by atoms with Crippen molar-refractivity contribution in [2.45, 2.75) is 26.4 Å². The van der Waals surface area contributed by atoms with Crippen LogP contribution in [-0.4, -0.2) is 19.0 Å². The first-order chi connectivity index (χ1) is 10.5. The summed E-state index contributed by atoms with van der Waals surface area (Å²) in [6, 6.07) is 15.5. The maximum Gasteiger partial charge on any atom is 0.282 e. The molecule has 2 aromatic rings. The highest BCUT2D eigenvalue weighted by Crippen LogP contribution is 2.14. The van der Waals surface area contributed by atoms with Crippen molar-refractivity contribution in [1.29, 1.82) is 0 Å². The van der Waals surface area contributed by atoms with Crippen LogP contribution in [-0.2, 0) is 11.3 Å². The van der Waals surface area contributed by atoms with E-state index in [9.17, 15) is 4.79 Å². The molecule has 0 aliphatic carbocycles. The zero-order valence-corrected chi connectivity index (χ0v) is 13.9. The fourth-order valence-corrected chi connectivity index (χ4v) is 2.41. The van der Waals surface area contributed by atoms with Crippen molar-refractivity contribution < 1.29 is 9.69 Å². The molecule has 0 aliphatic rings. The molecule has 2 rings (SSSR count). The summed E-state index contributed by atoms with van der Waals surface area (Å²) in [5, 5.41) is 3.53. The molecule has 0 bridgehead atoms. The van der Waals surface area contributed by atoms with Gasteiger partial charge in [0.15, 0.2) is 6.04 Å². The van der Waals surface area contributed by atoms with Gasteiger partial charge in [-0.1, -0.05) is 47.5 Å². The Morgan fingerprint density at radius 1 is 1.23 bits per heavy atom. The number of anilines is 1. The van der Waals surface area contributed by atoms with Crippen molar-refractivity contribution in [3.63, 3.8) is 0 Å². The largest absolute Gasteiger partial charge is 0.324 e. The minimum absolute atomic E-state index is 0.00752. The summed E-state index contributed by atoms with van der Waals surface area (Å²) in [6.45, 7) is 4.81. The van der Waals surface area contributed by atoms with Crippen LogP contribution in [0.5, 0.6) is 0 Å². The molecule has 22 heavy (non-hydrogen) atoms. The Kier molecular flexibility index (Phi) is 5.58. The fourth-order valence-electron chi connectivity index (χ4n) is 2.22. The van der Waals surface area contributed by atoms with Crippen LogP contribution in [0, 0.1) is 6.92 Å². The Morgan fingerprint density at radius 3 is 2.55 bits per heavy atom. The standard InChI is InChI=1S/C18H21ClN2O/c1-13-7-9-15(10-8-13)12-21(3)14(2)18(22)20-17-6-4-5-16(19)11-17/h4-11,14H,12H2,1-3H3,(H,20,22)/p+1/t14-/m0/s1. The molecule has 0 aromatic heterocycles. The molecule has 116 valence electrons. The zero-order valence-electron chi connectivity index (χ0n) is 13.2. The molecule has 2 N–H and O–H groups in total. The van der Waals surface area contributed by atoms with Crippen LogP contribution in [0.2, 0.25) is 5.02 Å². The first kappa shape index (κ1) is 16.5. The van der Waals surface area contributed by atoms with Gasteiger partial charge < -0.3 is 10.2 Å². The molecule has 2 aromatic carbocycles. The number of halogens is 1. The number of aryl methyl sites for hydroxylation is 1. The van der Waals surface area contributed by atoms with Crippen LogP contribution >= 0.6 is 11.6 Å². The van der Waals surface area contributed by atoms with Crippen molar-refractivity contribution in [2.75, 3.05) is 12.4 Å². The van der Waals surface area contributed by atoms with E-state index in [-0.39, 0.29) is 11.9 Å². The van der Waals surface area contributed by atoms with E-state index in [4.69, 9.17) is 11.6 Å². The second-order valence-corrected chi connectivity index (χ2v) is 6.17. The quantitative estimate of drug-likeness (QED) is 0.873. The zero-order chi connectivity index (χ0) is 16.1. The third-order valence-electron chi connectivity index (χ3n) is 3.83. The molecule has 1 amide bonds. The lowest BCUT2D eigenvalue weighted by molar-refractivity contribution is -0.907. The molecule has 3 nitrogen and oxygen atoms in total. The van der Waals surface area contributed by atoms with E-state index in [1.54, 1.807) is 12.1 Å². The van der Waals surface area contributed by atoms with Gasteiger partial charge in [0.1, 0.15) is 6.54 Å². The maximum atomic E-state index is 12.3. The summed E-state index contributed by atoms with van der Waals surface area (Å²) >= 11 is 5.93. The van der Waals surface area contributed by atoms with E-state index in [0.717, 1.165) is 17.1 Å². The third-order valence-corrected chi connectivity index (χ3v) is 4.06. The molecule has 0 fully saturated rings. The molecule has 0 spiro atoms. The van der Waals surface area contributed by atoms with Crippen molar-refractivity contribution in [2.24, 2.45) is 0 Å². The van der Waals surface area contributed by atoms with Gasteiger partial charge in [-0.2, -0.15) is 0 Å². The Balaban J connectivity index is 1.95. The van der Waals surface area contributed by atoms with Crippen LogP contribution in [0.25, 0.3) is 0 Å². The number of rotatable bonds is 5. The highest BCUT2D eigenvalue weighted by Gasteiger charge is 2.22. The lowest BCUT2D eigenvalue weighted by Gasteiger charge is -2.21. The van der Waals surface area contributed by atoms with E-state index >= 15 is 0 Å². The van der Waals surface area contributed by atoms with E-state index < -0.39 is 0 Å². The van der Waals surface area contributed by atoms with E-state index in [2.05, 4.69) is 36.5 Å². The number of hydrogen-bond donors (Lipinski definition) is 2. The van der Waals surface area contributed by atoms with Gasteiger partial charge in [0.05, 0.1) is 7.05 Å². The van der Waals surface area contributed by atoms with Crippen molar-refractivity contribution in [3.05, 3.63) is 64.7 Å². The highest BCUT2D eigenvalue weighted by molar-refractivity contribution is 6.30. The SMILES string of the molecule is Cc1ccc(C[NH+](C)[C@@H](C)C(=O)Nc2cccc(Cl)c2)cc1. The predicted molar refractivity (Wildman–Crippen MR) is 91.3 cm³/mol. The molecule has 0 aliphatic heterocycles. The Labute approximate surface area is 136 Å². The number of carbonyl (C=O) groups excluding carboxylic acids is 1. The Morgan fingerprint density at radius 2 is 1.91 bits per heavy atom. The molecule has 0 saturated heterocycles.